The van der Waals surface area contributed by atoms with E-state index in [2.05, 4.69) is 5.32 Å². The van der Waals surface area contributed by atoms with Crippen LogP contribution in [-0.2, 0) is 21.4 Å². The van der Waals surface area contributed by atoms with Gasteiger partial charge in [0.1, 0.15) is 0 Å². The minimum absolute atomic E-state index is 0.147. The minimum Gasteiger partial charge on any atom is -0.352 e. The fourth-order valence-corrected chi connectivity index (χ4v) is 3.37. The zero-order valence-electron chi connectivity index (χ0n) is 15.2. The molecule has 140 valence electrons. The van der Waals surface area contributed by atoms with Crippen LogP contribution in [0.15, 0.2) is 59.5 Å². The highest BCUT2D eigenvalue weighted by Gasteiger charge is 2.22. The van der Waals surface area contributed by atoms with E-state index in [1.807, 2.05) is 30.3 Å². The quantitative estimate of drug-likeness (QED) is 0.773. The molecule has 0 fully saturated rings. The molecule has 0 spiro atoms. The van der Waals surface area contributed by atoms with Crippen LogP contribution >= 0.6 is 0 Å². The lowest BCUT2D eigenvalue weighted by atomic mass is 9.94. The molecular formula is C19H25N3O3S. The van der Waals surface area contributed by atoms with Crippen molar-refractivity contribution in [3.8, 4) is 0 Å². The van der Waals surface area contributed by atoms with E-state index in [4.69, 9.17) is 5.73 Å². The van der Waals surface area contributed by atoms with Crippen molar-refractivity contribution in [2.75, 3.05) is 14.1 Å². The Balaban J connectivity index is 1.97. The molecule has 0 aliphatic heterocycles. The van der Waals surface area contributed by atoms with E-state index in [0.717, 1.165) is 15.4 Å². The van der Waals surface area contributed by atoms with E-state index in [9.17, 15) is 13.2 Å². The molecule has 26 heavy (non-hydrogen) atoms. The van der Waals surface area contributed by atoms with Crippen molar-refractivity contribution in [3.63, 3.8) is 0 Å². The first-order chi connectivity index (χ1) is 12.2. The number of nitrogens with zero attached hydrogens (tertiary/aromatic N) is 1. The number of rotatable bonds is 7. The molecule has 2 unspecified atom stereocenters. The first-order valence-electron chi connectivity index (χ1n) is 8.33. The topological polar surface area (TPSA) is 92.5 Å². The van der Waals surface area contributed by atoms with Crippen molar-refractivity contribution >= 4 is 15.9 Å². The lowest BCUT2D eigenvalue weighted by Gasteiger charge is -2.20. The number of carbonyl (C=O) groups excluding carboxylic acids is 1. The number of hydrogen-bond donors (Lipinski definition) is 2. The number of nitrogens with one attached hydrogen (secondary N) is 1. The van der Waals surface area contributed by atoms with Gasteiger partial charge in [0.05, 0.1) is 10.8 Å². The third kappa shape index (κ3) is 4.69. The molecule has 0 heterocycles. The maximum absolute atomic E-state index is 12.4. The van der Waals surface area contributed by atoms with Gasteiger partial charge in [0.15, 0.2) is 0 Å². The van der Waals surface area contributed by atoms with Gasteiger partial charge in [-0.1, -0.05) is 49.4 Å². The third-order valence-electron chi connectivity index (χ3n) is 4.31. The van der Waals surface area contributed by atoms with Crippen LogP contribution in [0.25, 0.3) is 0 Å². The Bertz CT molecular complexity index is 834. The smallest absolute Gasteiger partial charge is 0.242 e. The van der Waals surface area contributed by atoms with Crippen molar-refractivity contribution in [2.45, 2.75) is 24.4 Å². The molecule has 2 atom stereocenters. The molecule has 2 aromatic rings. The monoisotopic (exact) mass is 375 g/mol. The molecule has 2 rings (SSSR count). The van der Waals surface area contributed by atoms with Gasteiger partial charge < -0.3 is 11.1 Å². The van der Waals surface area contributed by atoms with Gasteiger partial charge in [-0.15, -0.1) is 0 Å². The molecule has 6 nitrogen and oxygen atoms in total. The largest absolute Gasteiger partial charge is 0.352 e. The molecule has 3 N–H and O–H groups in total. The van der Waals surface area contributed by atoms with Gasteiger partial charge in [-0.25, -0.2) is 12.7 Å². The molecule has 0 aliphatic rings. The third-order valence-corrected chi connectivity index (χ3v) is 6.13. The lowest BCUT2D eigenvalue weighted by Crippen LogP contribution is -2.35. The van der Waals surface area contributed by atoms with E-state index in [1.165, 1.54) is 26.2 Å². The Morgan fingerprint density at radius 3 is 2.19 bits per heavy atom. The van der Waals surface area contributed by atoms with Gasteiger partial charge >= 0.3 is 0 Å². The summed E-state index contributed by atoms with van der Waals surface area (Å²) in [4.78, 5) is 12.6. The summed E-state index contributed by atoms with van der Waals surface area (Å²) >= 11 is 0. The van der Waals surface area contributed by atoms with Crippen molar-refractivity contribution in [1.29, 1.82) is 0 Å². The average molecular weight is 375 g/mol. The zero-order chi connectivity index (χ0) is 19.3. The molecule has 0 aliphatic carbocycles. The molecule has 7 heteroatoms. The summed E-state index contributed by atoms with van der Waals surface area (Å²) in [6, 6.07) is 15.6. The van der Waals surface area contributed by atoms with Gasteiger partial charge in [-0.05, 0) is 23.3 Å². The Hall–Kier alpha value is -2.22. The summed E-state index contributed by atoms with van der Waals surface area (Å²) < 4.78 is 25.3. The van der Waals surface area contributed by atoms with Crippen LogP contribution in [0.1, 0.15) is 24.1 Å². The molecule has 0 bridgehead atoms. The highest BCUT2D eigenvalue weighted by molar-refractivity contribution is 7.89. The molecule has 2 aromatic carbocycles. The van der Waals surface area contributed by atoms with Gasteiger partial charge in [0.2, 0.25) is 15.9 Å². The van der Waals surface area contributed by atoms with Crippen LogP contribution in [0.4, 0.5) is 0 Å². The Morgan fingerprint density at radius 1 is 1.08 bits per heavy atom. The number of amides is 1. The van der Waals surface area contributed by atoms with Crippen LogP contribution in [0.5, 0.6) is 0 Å². The lowest BCUT2D eigenvalue weighted by molar-refractivity contribution is -0.125. The van der Waals surface area contributed by atoms with Crippen LogP contribution < -0.4 is 11.1 Å². The second-order valence-electron chi connectivity index (χ2n) is 6.37. The fraction of sp³-hybridized carbons (Fsp3) is 0.316. The van der Waals surface area contributed by atoms with E-state index < -0.39 is 10.0 Å². The van der Waals surface area contributed by atoms with E-state index in [-0.39, 0.29) is 22.8 Å². The predicted octanol–water partition coefficient (Wildman–Crippen LogP) is 1.89. The normalized spacial score (nSPS) is 14.0. The summed E-state index contributed by atoms with van der Waals surface area (Å²) in [5, 5.41) is 2.85. The van der Waals surface area contributed by atoms with Crippen LogP contribution in [0.2, 0.25) is 0 Å². The first kappa shape index (κ1) is 20.1. The molecule has 1 amide bonds. The molecule has 0 aromatic heterocycles. The van der Waals surface area contributed by atoms with Crippen molar-refractivity contribution in [3.05, 3.63) is 65.7 Å². The van der Waals surface area contributed by atoms with Crippen molar-refractivity contribution in [1.82, 2.24) is 9.62 Å². The first-order valence-corrected chi connectivity index (χ1v) is 9.77. The number of benzene rings is 2. The van der Waals surface area contributed by atoms with Gasteiger partial charge in [0, 0.05) is 26.7 Å². The minimum atomic E-state index is -3.45. The van der Waals surface area contributed by atoms with Crippen LogP contribution in [-0.4, -0.2) is 32.7 Å². The number of carbonyl (C=O) groups is 1. The highest BCUT2D eigenvalue weighted by atomic mass is 32.2. The maximum Gasteiger partial charge on any atom is 0.242 e. The van der Waals surface area contributed by atoms with Gasteiger partial charge in [-0.3, -0.25) is 4.79 Å². The van der Waals surface area contributed by atoms with Crippen molar-refractivity contribution < 1.29 is 13.2 Å². The summed E-state index contributed by atoms with van der Waals surface area (Å²) in [5.74, 6) is -0.530. The molecular weight excluding hydrogens is 350 g/mol. The second-order valence-corrected chi connectivity index (χ2v) is 8.53. The summed E-state index contributed by atoms with van der Waals surface area (Å²) in [6.07, 6.45) is 0. The average Bonchev–Trinajstić information content (AvgIpc) is 2.65. The molecule has 0 saturated heterocycles. The standard InChI is InChI=1S/C19H25N3O3S/c1-14(18(20)16-7-5-4-6-8-16)19(23)21-13-15-9-11-17(12-10-15)26(24,25)22(2)3/h4-12,14,18H,13,20H2,1-3H3,(H,21,23). The van der Waals surface area contributed by atoms with Crippen molar-refractivity contribution in [2.24, 2.45) is 11.7 Å². The van der Waals surface area contributed by atoms with E-state index in [0.29, 0.717) is 6.54 Å². The fourth-order valence-electron chi connectivity index (χ4n) is 2.47. The Labute approximate surface area is 155 Å². The number of nitrogens with two attached hydrogens (primary N) is 1. The van der Waals surface area contributed by atoms with Gasteiger partial charge in [-0.2, -0.15) is 0 Å². The predicted molar refractivity (Wildman–Crippen MR) is 102 cm³/mol. The van der Waals surface area contributed by atoms with E-state index >= 15 is 0 Å². The summed E-state index contributed by atoms with van der Waals surface area (Å²) in [6.45, 7) is 2.10. The van der Waals surface area contributed by atoms with Gasteiger partial charge in [0.25, 0.3) is 0 Å². The van der Waals surface area contributed by atoms with E-state index in [1.54, 1.807) is 19.1 Å². The Kier molecular flexibility index (Phi) is 6.52. The maximum atomic E-state index is 12.4. The molecule has 0 saturated carbocycles. The Morgan fingerprint density at radius 2 is 1.65 bits per heavy atom. The van der Waals surface area contributed by atoms with Crippen LogP contribution in [0, 0.1) is 5.92 Å². The van der Waals surface area contributed by atoms with Crippen LogP contribution in [0.3, 0.4) is 0 Å². The second kappa shape index (κ2) is 8.44. The SMILES string of the molecule is CC(C(=O)NCc1ccc(S(=O)(=O)N(C)C)cc1)C(N)c1ccccc1. The highest BCUT2D eigenvalue weighted by Crippen LogP contribution is 2.19. The number of sulfonamides is 1. The zero-order valence-corrected chi connectivity index (χ0v) is 16.0. The summed E-state index contributed by atoms with van der Waals surface area (Å²) in [5.41, 5.74) is 7.90. The number of hydrogen-bond acceptors (Lipinski definition) is 4. The summed E-state index contributed by atoms with van der Waals surface area (Å²) in [7, 11) is -0.477. The molecule has 0 radical (unpaired) electrons.